The minimum Gasteiger partial charge on any atom is -0.507 e. The van der Waals surface area contributed by atoms with Crippen LogP contribution in [0.3, 0.4) is 0 Å². The van der Waals surface area contributed by atoms with Crippen LogP contribution in [-0.2, 0) is 6.42 Å². The Morgan fingerprint density at radius 1 is 1.26 bits per heavy atom. The molecule has 0 fully saturated rings. The van der Waals surface area contributed by atoms with Gasteiger partial charge in [-0.3, -0.25) is 14.5 Å². The number of hydrogen-bond donors (Lipinski definition) is 3. The topological polar surface area (TPSA) is 138 Å². The lowest BCUT2D eigenvalue weighted by molar-refractivity contribution is 0.0662. The lowest BCUT2D eigenvalue weighted by Crippen LogP contribution is -2.29. The molecule has 1 unspecified atom stereocenters. The fourth-order valence-corrected chi connectivity index (χ4v) is 5.13. The van der Waals surface area contributed by atoms with Crippen molar-refractivity contribution in [2.24, 2.45) is 10.2 Å². The molecule has 3 aromatic carbocycles. The number of azo groups is 1. The number of amides is 2. The molecule has 0 spiro atoms. The molecule has 2 heterocycles. The van der Waals surface area contributed by atoms with E-state index < -0.39 is 17.9 Å². The van der Waals surface area contributed by atoms with E-state index in [1.807, 2.05) is 12.1 Å². The second-order valence-electron chi connectivity index (χ2n) is 8.04. The first-order valence-corrected chi connectivity index (χ1v) is 11.4. The Kier molecular flexibility index (Phi) is 5.31. The Morgan fingerprint density at radius 2 is 2.06 bits per heavy atom. The van der Waals surface area contributed by atoms with Gasteiger partial charge in [0.2, 0.25) is 0 Å². The van der Waals surface area contributed by atoms with Crippen molar-refractivity contribution >= 4 is 55.6 Å². The van der Waals surface area contributed by atoms with Crippen LogP contribution in [0.25, 0.3) is 10.8 Å². The number of nitrogens with zero attached hydrogens (tertiary/aromatic N) is 4. The maximum Gasteiger partial charge on any atom is 0.262 e. The molecule has 3 aromatic rings. The molecule has 9 nitrogen and oxygen atoms in total. The van der Waals surface area contributed by atoms with Gasteiger partial charge in [-0.2, -0.15) is 5.26 Å². The van der Waals surface area contributed by atoms with Crippen molar-refractivity contribution in [3.8, 4) is 11.8 Å². The van der Waals surface area contributed by atoms with Crippen LogP contribution < -0.4 is 5.32 Å². The van der Waals surface area contributed by atoms with Gasteiger partial charge < -0.3 is 15.5 Å². The minimum atomic E-state index is -0.562. The molecule has 2 aliphatic rings. The van der Waals surface area contributed by atoms with Gasteiger partial charge >= 0.3 is 0 Å². The van der Waals surface area contributed by atoms with E-state index in [-0.39, 0.29) is 39.1 Å². The van der Waals surface area contributed by atoms with Crippen LogP contribution in [0.5, 0.6) is 5.75 Å². The number of aliphatic hydroxyl groups excluding tert-OH is 1. The van der Waals surface area contributed by atoms with Gasteiger partial charge in [-0.05, 0) is 46.6 Å². The summed E-state index contributed by atoms with van der Waals surface area (Å²) in [5.74, 6) is -0.915. The van der Waals surface area contributed by atoms with Gasteiger partial charge in [-0.15, -0.1) is 10.2 Å². The Morgan fingerprint density at radius 3 is 2.79 bits per heavy atom. The number of nitrogens with one attached hydrogen (secondary N) is 1. The van der Waals surface area contributed by atoms with E-state index in [0.717, 1.165) is 21.5 Å². The highest BCUT2D eigenvalue weighted by atomic mass is 79.9. The Bertz CT molecular complexity index is 1480. The highest BCUT2D eigenvalue weighted by Crippen LogP contribution is 2.44. The molecular formula is C24H18BrN5O4. The van der Waals surface area contributed by atoms with E-state index in [1.165, 1.54) is 6.07 Å². The predicted octanol–water partition coefficient (Wildman–Crippen LogP) is 4.54. The monoisotopic (exact) mass is 519 g/mol. The third-order valence-electron chi connectivity index (χ3n) is 6.04. The van der Waals surface area contributed by atoms with Gasteiger partial charge in [-0.25, -0.2) is 0 Å². The van der Waals surface area contributed by atoms with Crippen LogP contribution >= 0.6 is 15.9 Å². The molecule has 0 radical (unpaired) electrons. The molecule has 0 bridgehead atoms. The summed E-state index contributed by atoms with van der Waals surface area (Å²) in [6.45, 7) is 2.30. The number of carbonyl (C=O) groups is 2. The number of hydrogen-bond acceptors (Lipinski definition) is 8. The molecule has 1 atom stereocenters. The average Bonchev–Trinajstić information content (AvgIpc) is 3.06. The number of rotatable bonds is 3. The van der Waals surface area contributed by atoms with Crippen LogP contribution in [0.4, 0.5) is 17.1 Å². The largest absolute Gasteiger partial charge is 0.507 e. The Labute approximate surface area is 202 Å². The number of phenols is 1. The fraction of sp³-hybridized carbons (Fsp3) is 0.208. The third kappa shape index (κ3) is 3.24. The summed E-state index contributed by atoms with van der Waals surface area (Å²) >= 11 is 3.36. The maximum atomic E-state index is 12.8. The summed E-state index contributed by atoms with van der Waals surface area (Å²) in [7, 11) is 0. The lowest BCUT2D eigenvalue weighted by atomic mass is 9.95. The molecule has 5 rings (SSSR count). The fourth-order valence-electron chi connectivity index (χ4n) is 4.46. The van der Waals surface area contributed by atoms with Crippen molar-refractivity contribution in [3.63, 3.8) is 0 Å². The first-order chi connectivity index (χ1) is 16.3. The van der Waals surface area contributed by atoms with Gasteiger partial charge in [0.05, 0.1) is 38.3 Å². The number of imide groups is 1. The molecule has 0 saturated heterocycles. The Balaban J connectivity index is 1.69. The summed E-state index contributed by atoms with van der Waals surface area (Å²) < 4.78 is 0.211. The zero-order valence-electron chi connectivity index (χ0n) is 18.0. The quantitative estimate of drug-likeness (QED) is 0.343. The normalized spacial score (nSPS) is 17.1. The second-order valence-corrected chi connectivity index (χ2v) is 8.84. The van der Waals surface area contributed by atoms with Gasteiger partial charge in [0.25, 0.3) is 11.8 Å². The van der Waals surface area contributed by atoms with Crippen molar-refractivity contribution in [2.75, 3.05) is 18.4 Å². The van der Waals surface area contributed by atoms with Crippen LogP contribution in [-0.4, -0.2) is 46.1 Å². The molecule has 10 heteroatoms. The van der Waals surface area contributed by atoms with Crippen LogP contribution in [0.15, 0.2) is 45.0 Å². The number of halogens is 1. The van der Waals surface area contributed by atoms with Crippen molar-refractivity contribution in [1.29, 1.82) is 5.26 Å². The first kappa shape index (κ1) is 22.0. The van der Waals surface area contributed by atoms with E-state index in [2.05, 4.69) is 31.5 Å². The van der Waals surface area contributed by atoms with E-state index in [0.29, 0.717) is 24.0 Å². The van der Waals surface area contributed by atoms with Crippen LogP contribution in [0.1, 0.15) is 38.8 Å². The molecular weight excluding hydrogens is 502 g/mol. The number of phenolic OH excluding ortho intramolecular Hbond substituents is 1. The van der Waals surface area contributed by atoms with Gasteiger partial charge in [0.15, 0.2) is 0 Å². The van der Waals surface area contributed by atoms with Crippen molar-refractivity contribution in [3.05, 3.63) is 57.1 Å². The number of β-amino-alcohol motifs (C(OH)–C–C–N with tert-alkyl or cyclic N) is 1. The van der Waals surface area contributed by atoms with Crippen LogP contribution in [0.2, 0.25) is 0 Å². The summed E-state index contributed by atoms with van der Waals surface area (Å²) in [5, 5.41) is 43.4. The van der Waals surface area contributed by atoms with Crippen molar-refractivity contribution in [2.45, 2.75) is 19.4 Å². The Hall–Kier alpha value is -3.81. The standard InChI is InChI=1S/C24H18BrN5O4/c1-2-30-23(33)15-7-12(9-26)22(20(25)19(15)24(30)34)29-28-16-8-11-6-13(31)10-27-21(11)14-4-3-5-17(32)18(14)16/h3-5,7-8,13,27,31-32H,2,6,10H2,1H3/b29-28+. The summed E-state index contributed by atoms with van der Waals surface area (Å²) in [6, 6.07) is 10.2. The average molecular weight is 520 g/mol. The number of fused-ring (bicyclic) bond motifs is 4. The number of anilines is 1. The highest BCUT2D eigenvalue weighted by molar-refractivity contribution is 9.10. The van der Waals surface area contributed by atoms with Gasteiger partial charge in [0, 0.05) is 30.6 Å². The number of benzene rings is 3. The lowest BCUT2D eigenvalue weighted by Gasteiger charge is -2.24. The van der Waals surface area contributed by atoms with E-state index in [1.54, 1.807) is 25.1 Å². The molecule has 2 amide bonds. The number of aromatic hydroxyl groups is 1. The molecule has 0 aliphatic carbocycles. The van der Waals surface area contributed by atoms with Crippen molar-refractivity contribution < 1.29 is 19.8 Å². The van der Waals surface area contributed by atoms with Crippen molar-refractivity contribution in [1.82, 2.24) is 4.90 Å². The smallest absolute Gasteiger partial charge is 0.262 e. The summed E-state index contributed by atoms with van der Waals surface area (Å²) in [4.78, 5) is 26.4. The molecule has 34 heavy (non-hydrogen) atoms. The second kappa shape index (κ2) is 8.20. The maximum absolute atomic E-state index is 12.8. The zero-order valence-corrected chi connectivity index (χ0v) is 19.5. The summed E-state index contributed by atoms with van der Waals surface area (Å²) in [6.07, 6.45) is -0.153. The van der Waals surface area contributed by atoms with Crippen LogP contribution in [0, 0.1) is 11.3 Å². The summed E-state index contributed by atoms with van der Waals surface area (Å²) in [5.41, 5.74) is 2.46. The molecule has 2 aliphatic heterocycles. The molecule has 0 saturated carbocycles. The molecule has 3 N–H and O–H groups in total. The number of nitriles is 1. The highest BCUT2D eigenvalue weighted by Gasteiger charge is 2.38. The van der Waals surface area contributed by atoms with E-state index >= 15 is 0 Å². The predicted molar refractivity (Wildman–Crippen MR) is 128 cm³/mol. The number of aliphatic hydroxyl groups is 1. The zero-order chi connectivity index (χ0) is 24.1. The van der Waals surface area contributed by atoms with Gasteiger partial charge in [-0.1, -0.05) is 12.1 Å². The first-order valence-electron chi connectivity index (χ1n) is 10.6. The SMILES string of the molecule is CCN1C(=O)c2cc(C#N)c(/N=N/c3cc4c(c5cccc(O)c35)NCC(O)C4)c(Br)c2C1=O. The molecule has 170 valence electrons. The van der Waals surface area contributed by atoms with E-state index in [9.17, 15) is 25.1 Å². The number of carbonyl (C=O) groups excluding carboxylic acids is 2. The van der Waals surface area contributed by atoms with E-state index in [4.69, 9.17) is 0 Å². The molecule has 0 aromatic heterocycles. The minimum absolute atomic E-state index is 0.00931. The third-order valence-corrected chi connectivity index (χ3v) is 6.81. The van der Waals surface area contributed by atoms with Gasteiger partial charge in [0.1, 0.15) is 17.5 Å².